The number of carbonyl (C=O) groups is 1. The summed E-state index contributed by atoms with van der Waals surface area (Å²) >= 11 is 0. The minimum Gasteiger partial charge on any atom is -0.342 e. The summed E-state index contributed by atoms with van der Waals surface area (Å²) < 4.78 is 0. The topological polar surface area (TPSA) is 20.3 Å². The minimum atomic E-state index is 0.216. The van der Waals surface area contributed by atoms with Crippen LogP contribution in [0.5, 0.6) is 0 Å². The smallest absolute Gasteiger partial charge is 0.225 e. The summed E-state index contributed by atoms with van der Waals surface area (Å²) in [6.07, 6.45) is 4.71. The van der Waals surface area contributed by atoms with Gasteiger partial charge in [-0.1, -0.05) is 20.8 Å². The second-order valence-electron chi connectivity index (χ2n) is 4.92. The Kier molecular flexibility index (Phi) is 4.43. The van der Waals surface area contributed by atoms with Crippen LogP contribution in [0.4, 0.5) is 0 Å². The zero-order valence-electron chi connectivity index (χ0n) is 9.75. The Labute approximate surface area is 87.7 Å². The number of carbonyl (C=O) groups excluding carboxylic acids is 1. The monoisotopic (exact) mass is 197 g/mol. The molecule has 1 amide bonds. The molecule has 0 N–H and O–H groups in total. The van der Waals surface area contributed by atoms with Crippen LogP contribution in [-0.2, 0) is 4.79 Å². The summed E-state index contributed by atoms with van der Waals surface area (Å²) in [7, 11) is 0. The maximum absolute atomic E-state index is 12.0. The van der Waals surface area contributed by atoms with Crippen molar-refractivity contribution in [2.45, 2.75) is 46.5 Å². The van der Waals surface area contributed by atoms with Crippen molar-refractivity contribution < 1.29 is 4.79 Å². The first kappa shape index (κ1) is 11.5. The normalized spacial score (nSPS) is 19.9. The highest BCUT2D eigenvalue weighted by Crippen LogP contribution is 2.17. The molecule has 0 aromatic rings. The van der Waals surface area contributed by atoms with E-state index in [1.165, 1.54) is 19.3 Å². The van der Waals surface area contributed by atoms with Crippen LogP contribution in [0, 0.1) is 11.8 Å². The average Bonchev–Trinajstić information content (AvgIpc) is 2.17. The zero-order valence-corrected chi connectivity index (χ0v) is 9.75. The van der Waals surface area contributed by atoms with Gasteiger partial charge in [0.15, 0.2) is 0 Å². The van der Waals surface area contributed by atoms with Gasteiger partial charge in [0.05, 0.1) is 0 Å². The molecule has 0 bridgehead atoms. The van der Waals surface area contributed by atoms with Gasteiger partial charge in [0.2, 0.25) is 5.91 Å². The van der Waals surface area contributed by atoms with Gasteiger partial charge in [0.25, 0.3) is 0 Å². The Bertz CT molecular complexity index is 183. The summed E-state index contributed by atoms with van der Waals surface area (Å²) in [6.45, 7) is 8.40. The molecular formula is C12H23NO. The lowest BCUT2D eigenvalue weighted by Gasteiger charge is -2.29. The van der Waals surface area contributed by atoms with Crippen molar-refractivity contribution >= 4 is 5.91 Å². The number of hydrogen-bond donors (Lipinski definition) is 0. The molecule has 2 heteroatoms. The van der Waals surface area contributed by atoms with E-state index in [0.717, 1.165) is 19.5 Å². The van der Waals surface area contributed by atoms with Gasteiger partial charge in [-0.25, -0.2) is 0 Å². The molecule has 82 valence electrons. The summed E-state index contributed by atoms with van der Waals surface area (Å²) in [4.78, 5) is 14.0. The number of piperidine rings is 1. The molecule has 1 rings (SSSR count). The van der Waals surface area contributed by atoms with Gasteiger partial charge in [-0.05, 0) is 31.6 Å². The summed E-state index contributed by atoms with van der Waals surface area (Å²) in [5.74, 6) is 1.21. The van der Waals surface area contributed by atoms with E-state index >= 15 is 0 Å². The lowest BCUT2D eigenvalue weighted by Crippen LogP contribution is -2.39. The molecule has 0 aromatic heterocycles. The third-order valence-corrected chi connectivity index (χ3v) is 2.91. The third-order valence-electron chi connectivity index (χ3n) is 2.91. The number of rotatable bonds is 3. The first-order chi connectivity index (χ1) is 6.61. The van der Waals surface area contributed by atoms with Gasteiger partial charge in [0, 0.05) is 19.0 Å². The van der Waals surface area contributed by atoms with Crippen molar-refractivity contribution in [1.29, 1.82) is 0 Å². The van der Waals surface area contributed by atoms with Crippen molar-refractivity contribution in [2.24, 2.45) is 11.8 Å². The first-order valence-corrected chi connectivity index (χ1v) is 5.90. The molecule has 1 unspecified atom stereocenters. The molecule has 1 aliphatic rings. The van der Waals surface area contributed by atoms with Crippen LogP contribution in [0.1, 0.15) is 46.5 Å². The highest BCUT2D eigenvalue weighted by molar-refractivity contribution is 5.78. The largest absolute Gasteiger partial charge is 0.342 e. The predicted molar refractivity (Wildman–Crippen MR) is 59.1 cm³/mol. The molecule has 2 nitrogen and oxygen atoms in total. The van der Waals surface area contributed by atoms with Gasteiger partial charge < -0.3 is 4.90 Å². The van der Waals surface area contributed by atoms with E-state index in [4.69, 9.17) is 0 Å². The number of nitrogens with zero attached hydrogens (tertiary/aromatic N) is 1. The summed E-state index contributed by atoms with van der Waals surface area (Å²) in [5, 5.41) is 0. The maximum Gasteiger partial charge on any atom is 0.225 e. The molecule has 1 heterocycles. The van der Waals surface area contributed by atoms with E-state index in [-0.39, 0.29) is 5.92 Å². The van der Waals surface area contributed by atoms with Crippen LogP contribution < -0.4 is 0 Å². The fourth-order valence-electron chi connectivity index (χ4n) is 2.23. The lowest BCUT2D eigenvalue weighted by atomic mass is 9.97. The van der Waals surface area contributed by atoms with Gasteiger partial charge in [0.1, 0.15) is 0 Å². The van der Waals surface area contributed by atoms with Crippen molar-refractivity contribution in [1.82, 2.24) is 4.90 Å². The molecule has 0 radical (unpaired) electrons. The van der Waals surface area contributed by atoms with Crippen LogP contribution in [0.2, 0.25) is 0 Å². The van der Waals surface area contributed by atoms with Crippen molar-refractivity contribution in [2.75, 3.05) is 13.1 Å². The number of likely N-dealkylation sites (tertiary alicyclic amines) is 1. The molecule has 0 aliphatic carbocycles. The molecule has 0 aromatic carbocycles. The Balaban J connectivity index is 2.38. The average molecular weight is 197 g/mol. The number of amides is 1. The quantitative estimate of drug-likeness (QED) is 0.681. The molecule has 1 fully saturated rings. The van der Waals surface area contributed by atoms with E-state index in [0.29, 0.717) is 11.8 Å². The van der Waals surface area contributed by atoms with E-state index in [2.05, 4.69) is 25.7 Å². The van der Waals surface area contributed by atoms with Gasteiger partial charge >= 0.3 is 0 Å². The van der Waals surface area contributed by atoms with Crippen LogP contribution in [0.15, 0.2) is 0 Å². The molecule has 0 saturated carbocycles. The highest BCUT2D eigenvalue weighted by atomic mass is 16.2. The zero-order chi connectivity index (χ0) is 10.6. The molecule has 0 spiro atoms. The Morgan fingerprint density at radius 1 is 1.14 bits per heavy atom. The van der Waals surface area contributed by atoms with E-state index in [1.807, 2.05) is 0 Å². The van der Waals surface area contributed by atoms with Gasteiger partial charge in [-0.3, -0.25) is 4.79 Å². The standard InChI is InChI=1S/C12H23NO/c1-10(2)9-11(3)12(14)13-7-5-4-6-8-13/h10-11H,4-9H2,1-3H3. The SMILES string of the molecule is CC(C)CC(C)C(=O)N1CCCCC1. The minimum absolute atomic E-state index is 0.216. The van der Waals surface area contributed by atoms with Crippen LogP contribution in [0.3, 0.4) is 0 Å². The Morgan fingerprint density at radius 3 is 2.21 bits per heavy atom. The van der Waals surface area contributed by atoms with Gasteiger partial charge in [-0.2, -0.15) is 0 Å². The third kappa shape index (κ3) is 3.32. The predicted octanol–water partition coefficient (Wildman–Crippen LogP) is 2.68. The van der Waals surface area contributed by atoms with Crippen LogP contribution in [0.25, 0.3) is 0 Å². The Morgan fingerprint density at radius 2 is 1.71 bits per heavy atom. The van der Waals surface area contributed by atoms with E-state index < -0.39 is 0 Å². The fraction of sp³-hybridized carbons (Fsp3) is 0.917. The van der Waals surface area contributed by atoms with E-state index in [9.17, 15) is 4.79 Å². The highest BCUT2D eigenvalue weighted by Gasteiger charge is 2.22. The van der Waals surface area contributed by atoms with Crippen molar-refractivity contribution in [3.63, 3.8) is 0 Å². The fourth-order valence-corrected chi connectivity index (χ4v) is 2.23. The molecule has 1 saturated heterocycles. The van der Waals surface area contributed by atoms with Crippen LogP contribution >= 0.6 is 0 Å². The van der Waals surface area contributed by atoms with E-state index in [1.54, 1.807) is 0 Å². The van der Waals surface area contributed by atoms with Gasteiger partial charge in [-0.15, -0.1) is 0 Å². The maximum atomic E-state index is 12.0. The molecular weight excluding hydrogens is 174 g/mol. The first-order valence-electron chi connectivity index (χ1n) is 5.90. The summed E-state index contributed by atoms with van der Waals surface area (Å²) in [5.41, 5.74) is 0. The lowest BCUT2D eigenvalue weighted by molar-refractivity contribution is -0.136. The molecule has 1 atom stereocenters. The molecule has 14 heavy (non-hydrogen) atoms. The second-order valence-corrected chi connectivity index (χ2v) is 4.92. The number of hydrogen-bond acceptors (Lipinski definition) is 1. The van der Waals surface area contributed by atoms with Crippen molar-refractivity contribution in [3.8, 4) is 0 Å². The van der Waals surface area contributed by atoms with Crippen molar-refractivity contribution in [3.05, 3.63) is 0 Å². The molecule has 1 aliphatic heterocycles. The Hall–Kier alpha value is -0.530. The van der Waals surface area contributed by atoms with Crippen LogP contribution in [-0.4, -0.2) is 23.9 Å². The summed E-state index contributed by atoms with van der Waals surface area (Å²) in [6, 6.07) is 0. The second kappa shape index (κ2) is 5.38.